The molecule has 0 N–H and O–H groups in total. The Morgan fingerprint density at radius 3 is 2.62 bits per heavy atom. The molecule has 1 saturated heterocycles. The van der Waals surface area contributed by atoms with Crippen molar-refractivity contribution in [2.45, 2.75) is 19.4 Å². The van der Waals surface area contributed by atoms with Crippen LogP contribution in [-0.2, 0) is 16.8 Å². The highest BCUT2D eigenvalue weighted by atomic mass is 32.2. The minimum Gasteiger partial charge on any atom is -0.496 e. The molecule has 2 rings (SSSR count). The smallest absolute Gasteiger partial charge is 0.282 e. The second-order valence-corrected chi connectivity index (χ2v) is 6.94. The maximum absolute atomic E-state index is 12.7. The lowest BCUT2D eigenvalue weighted by Gasteiger charge is -2.26. The van der Waals surface area contributed by atoms with E-state index in [1.165, 1.54) is 4.31 Å². The molecule has 0 aliphatic carbocycles. The van der Waals surface area contributed by atoms with Crippen LogP contribution in [0, 0.1) is 0 Å². The normalized spacial score (nSPS) is 16.3. The van der Waals surface area contributed by atoms with Crippen LogP contribution < -0.4 is 4.74 Å². The van der Waals surface area contributed by atoms with Gasteiger partial charge in [0.15, 0.2) is 0 Å². The summed E-state index contributed by atoms with van der Waals surface area (Å²) in [5.41, 5.74) is 0.852. The van der Waals surface area contributed by atoms with E-state index in [4.69, 9.17) is 4.74 Å². The number of rotatable bonds is 7. The Labute approximate surface area is 127 Å². The number of hydrogen-bond donors (Lipinski definition) is 0. The van der Waals surface area contributed by atoms with Gasteiger partial charge in [-0.2, -0.15) is 17.0 Å². The molecule has 0 radical (unpaired) electrons. The average Bonchev–Trinajstić information content (AvgIpc) is 3.02. The van der Waals surface area contributed by atoms with Crippen molar-refractivity contribution in [2.75, 3.05) is 26.7 Å². The van der Waals surface area contributed by atoms with Gasteiger partial charge < -0.3 is 4.74 Å². The summed E-state index contributed by atoms with van der Waals surface area (Å²) in [6.07, 6.45) is 3.47. The monoisotopic (exact) mass is 310 g/mol. The average molecular weight is 310 g/mol. The lowest BCUT2D eigenvalue weighted by Crippen LogP contribution is -2.42. The minimum atomic E-state index is -3.45. The molecule has 0 amide bonds. The number of ether oxygens (including phenoxy) is 1. The van der Waals surface area contributed by atoms with Crippen LogP contribution in [0.2, 0.25) is 0 Å². The summed E-state index contributed by atoms with van der Waals surface area (Å²) in [7, 11) is -1.86. The van der Waals surface area contributed by atoms with Crippen molar-refractivity contribution in [1.82, 2.24) is 8.61 Å². The third kappa shape index (κ3) is 3.64. The van der Waals surface area contributed by atoms with Crippen molar-refractivity contribution in [2.24, 2.45) is 0 Å². The molecule has 1 aromatic carbocycles. The minimum absolute atomic E-state index is 0.287. The van der Waals surface area contributed by atoms with Crippen molar-refractivity contribution in [3.63, 3.8) is 0 Å². The fourth-order valence-corrected chi connectivity index (χ4v) is 4.13. The largest absolute Gasteiger partial charge is 0.496 e. The number of nitrogens with zero attached hydrogens (tertiary/aromatic N) is 2. The molecule has 0 aromatic heterocycles. The van der Waals surface area contributed by atoms with Gasteiger partial charge in [-0.25, -0.2) is 0 Å². The predicted molar refractivity (Wildman–Crippen MR) is 83.3 cm³/mol. The first-order chi connectivity index (χ1) is 10.1. The molecule has 0 spiro atoms. The topological polar surface area (TPSA) is 49.9 Å². The van der Waals surface area contributed by atoms with Gasteiger partial charge in [-0.05, 0) is 18.9 Å². The number of para-hydroxylation sites is 1. The summed E-state index contributed by atoms with van der Waals surface area (Å²) < 4.78 is 33.7. The van der Waals surface area contributed by atoms with Crippen LogP contribution in [0.25, 0.3) is 0 Å². The molecule has 6 heteroatoms. The van der Waals surface area contributed by atoms with E-state index in [0.717, 1.165) is 18.4 Å². The van der Waals surface area contributed by atoms with Crippen LogP contribution in [0.3, 0.4) is 0 Å². The molecule has 0 atom stereocenters. The van der Waals surface area contributed by atoms with Gasteiger partial charge in [-0.1, -0.05) is 24.3 Å². The fraction of sp³-hybridized carbons (Fsp3) is 0.467. The zero-order chi connectivity index (χ0) is 15.3. The van der Waals surface area contributed by atoms with Crippen molar-refractivity contribution >= 4 is 10.2 Å². The zero-order valence-corrected chi connectivity index (χ0v) is 13.2. The highest BCUT2D eigenvalue weighted by Crippen LogP contribution is 2.23. The molecule has 1 heterocycles. The van der Waals surface area contributed by atoms with Gasteiger partial charge in [0.2, 0.25) is 0 Å². The number of benzene rings is 1. The van der Waals surface area contributed by atoms with E-state index < -0.39 is 10.2 Å². The Kier molecular flexibility index (Phi) is 5.39. The van der Waals surface area contributed by atoms with Crippen LogP contribution in [-0.4, -0.2) is 43.8 Å². The van der Waals surface area contributed by atoms with E-state index in [-0.39, 0.29) is 13.1 Å². The van der Waals surface area contributed by atoms with Crippen LogP contribution in [0.4, 0.5) is 0 Å². The molecule has 1 aliphatic heterocycles. The molecular weight excluding hydrogens is 288 g/mol. The summed E-state index contributed by atoms with van der Waals surface area (Å²) in [5.74, 6) is 0.697. The molecular formula is C15H22N2O3S. The van der Waals surface area contributed by atoms with Crippen LogP contribution in [0.15, 0.2) is 36.9 Å². The lowest BCUT2D eigenvalue weighted by molar-refractivity contribution is 0.363. The summed E-state index contributed by atoms with van der Waals surface area (Å²) >= 11 is 0. The second-order valence-electron chi connectivity index (χ2n) is 5.01. The van der Waals surface area contributed by atoms with Crippen molar-refractivity contribution < 1.29 is 13.2 Å². The Bertz CT molecular complexity index is 580. The number of hydrogen-bond acceptors (Lipinski definition) is 3. The van der Waals surface area contributed by atoms with E-state index in [9.17, 15) is 8.42 Å². The zero-order valence-electron chi connectivity index (χ0n) is 12.4. The Balaban J connectivity index is 2.24. The molecule has 0 unspecified atom stereocenters. The SMILES string of the molecule is C=CCN(Cc1ccccc1OC)S(=O)(=O)N1CCCC1. The van der Waals surface area contributed by atoms with Crippen LogP contribution in [0.5, 0.6) is 5.75 Å². The third-order valence-corrected chi connectivity index (χ3v) is 5.54. The van der Waals surface area contributed by atoms with Gasteiger partial charge in [-0.15, -0.1) is 6.58 Å². The quantitative estimate of drug-likeness (QED) is 0.724. The molecule has 0 bridgehead atoms. The maximum atomic E-state index is 12.7. The fourth-order valence-electron chi connectivity index (χ4n) is 2.49. The molecule has 1 aromatic rings. The molecule has 5 nitrogen and oxygen atoms in total. The van der Waals surface area contributed by atoms with Crippen LogP contribution >= 0.6 is 0 Å². The molecule has 1 aliphatic rings. The van der Waals surface area contributed by atoms with E-state index in [1.54, 1.807) is 17.5 Å². The third-order valence-electron chi connectivity index (χ3n) is 3.59. The highest BCUT2D eigenvalue weighted by molar-refractivity contribution is 7.86. The predicted octanol–water partition coefficient (Wildman–Crippen LogP) is 2.02. The van der Waals surface area contributed by atoms with Gasteiger partial charge in [0.05, 0.1) is 7.11 Å². The summed E-state index contributed by atoms with van der Waals surface area (Å²) in [4.78, 5) is 0. The van der Waals surface area contributed by atoms with Crippen molar-refractivity contribution in [1.29, 1.82) is 0 Å². The van der Waals surface area contributed by atoms with E-state index >= 15 is 0 Å². The molecule has 0 saturated carbocycles. The van der Waals surface area contributed by atoms with Crippen molar-refractivity contribution in [3.05, 3.63) is 42.5 Å². The molecule has 116 valence electrons. The Morgan fingerprint density at radius 2 is 2.00 bits per heavy atom. The van der Waals surface area contributed by atoms with E-state index in [2.05, 4.69) is 6.58 Å². The van der Waals surface area contributed by atoms with Gasteiger partial charge >= 0.3 is 0 Å². The molecule has 21 heavy (non-hydrogen) atoms. The first kappa shape index (κ1) is 16.0. The lowest BCUT2D eigenvalue weighted by atomic mass is 10.2. The first-order valence-electron chi connectivity index (χ1n) is 7.07. The first-order valence-corrected chi connectivity index (χ1v) is 8.47. The highest BCUT2D eigenvalue weighted by Gasteiger charge is 2.31. The van der Waals surface area contributed by atoms with Crippen molar-refractivity contribution in [3.8, 4) is 5.75 Å². The Morgan fingerprint density at radius 1 is 1.33 bits per heavy atom. The summed E-state index contributed by atoms with van der Waals surface area (Å²) in [5, 5.41) is 0. The molecule has 1 fully saturated rings. The summed E-state index contributed by atoms with van der Waals surface area (Å²) in [6, 6.07) is 7.47. The summed E-state index contributed by atoms with van der Waals surface area (Å²) in [6.45, 7) is 5.44. The second kappa shape index (κ2) is 7.06. The van der Waals surface area contributed by atoms with E-state index in [0.29, 0.717) is 18.8 Å². The van der Waals surface area contributed by atoms with Gasteiger partial charge in [0, 0.05) is 31.7 Å². The Hall–Kier alpha value is -1.37. The standard InChI is InChI=1S/C15H22N2O3S/c1-3-10-17(21(18,19)16-11-6-7-12-16)13-14-8-4-5-9-15(14)20-2/h3-5,8-9H,1,6-7,10-13H2,2H3. The van der Waals surface area contributed by atoms with Gasteiger partial charge in [-0.3, -0.25) is 0 Å². The van der Waals surface area contributed by atoms with E-state index in [1.807, 2.05) is 24.3 Å². The van der Waals surface area contributed by atoms with Crippen LogP contribution in [0.1, 0.15) is 18.4 Å². The number of methoxy groups -OCH3 is 1. The van der Waals surface area contributed by atoms with Gasteiger partial charge in [0.25, 0.3) is 10.2 Å². The maximum Gasteiger partial charge on any atom is 0.282 e. The van der Waals surface area contributed by atoms with Gasteiger partial charge in [0.1, 0.15) is 5.75 Å².